The van der Waals surface area contributed by atoms with Gasteiger partial charge in [0.2, 0.25) is 5.91 Å². The highest BCUT2D eigenvalue weighted by Crippen LogP contribution is 2.47. The summed E-state index contributed by atoms with van der Waals surface area (Å²) in [4.78, 5) is 38.0. The molecule has 9 heteroatoms. The minimum Gasteiger partial charge on any atom is -0.504 e. The van der Waals surface area contributed by atoms with Crippen molar-refractivity contribution in [3.05, 3.63) is 47.5 Å². The summed E-state index contributed by atoms with van der Waals surface area (Å²) in [5.74, 6) is -3.08. The lowest BCUT2D eigenvalue weighted by atomic mass is 9.92. The number of aromatic hydroxyl groups is 2. The van der Waals surface area contributed by atoms with Gasteiger partial charge >= 0.3 is 11.9 Å². The van der Waals surface area contributed by atoms with E-state index in [9.17, 15) is 24.6 Å². The Hall–Kier alpha value is -2.94. The van der Waals surface area contributed by atoms with Crippen LogP contribution in [0.5, 0.6) is 11.5 Å². The second-order valence-corrected chi connectivity index (χ2v) is 6.96. The lowest BCUT2D eigenvalue weighted by Crippen LogP contribution is -2.61. The second-order valence-electron chi connectivity index (χ2n) is 5.96. The molecular formula is C18H17NO7S. The van der Waals surface area contributed by atoms with Crippen molar-refractivity contribution in [2.75, 3.05) is 6.61 Å². The van der Waals surface area contributed by atoms with Crippen LogP contribution < -0.4 is 0 Å². The molecule has 1 amide bonds. The number of carbonyl (C=O) groups excluding carboxylic acids is 3. The predicted molar refractivity (Wildman–Crippen MR) is 95.6 cm³/mol. The van der Waals surface area contributed by atoms with Gasteiger partial charge in [-0.1, -0.05) is 12.7 Å². The Morgan fingerprint density at radius 1 is 1.33 bits per heavy atom. The Balaban J connectivity index is 1.63. The molecule has 142 valence electrons. The van der Waals surface area contributed by atoms with Crippen LogP contribution in [-0.4, -0.2) is 51.0 Å². The Morgan fingerprint density at radius 2 is 2.07 bits per heavy atom. The third kappa shape index (κ3) is 3.37. The number of carbonyl (C=O) groups is 3. The van der Waals surface area contributed by atoms with Crippen LogP contribution in [0.4, 0.5) is 0 Å². The zero-order valence-electron chi connectivity index (χ0n) is 14.3. The van der Waals surface area contributed by atoms with E-state index in [0.717, 1.165) is 6.07 Å². The van der Waals surface area contributed by atoms with E-state index in [1.807, 2.05) is 0 Å². The standard InChI is InChI=1S/C18H17NO7S/c1-3-6-25-18(24)11-8-27-16-14(15(22)19(11)16)9(2)26-17(23)10-4-5-12(20)13(21)7-10/h3-5,7-9,14,16,20-21H,1,6H2,2H3/t9-,14+,16+/m1/s1. The average Bonchev–Trinajstić information content (AvgIpc) is 3.01. The molecule has 1 fully saturated rings. The maximum Gasteiger partial charge on any atom is 0.355 e. The van der Waals surface area contributed by atoms with Crippen LogP contribution in [0.25, 0.3) is 0 Å². The summed E-state index contributed by atoms with van der Waals surface area (Å²) in [6.07, 6.45) is 0.688. The van der Waals surface area contributed by atoms with Gasteiger partial charge in [-0.2, -0.15) is 0 Å². The molecule has 0 unspecified atom stereocenters. The number of phenols is 2. The number of thioether (sulfide) groups is 1. The topological polar surface area (TPSA) is 113 Å². The number of hydrogen-bond acceptors (Lipinski definition) is 8. The highest BCUT2D eigenvalue weighted by Gasteiger charge is 2.56. The maximum atomic E-state index is 12.5. The third-order valence-corrected chi connectivity index (χ3v) is 5.36. The molecule has 3 rings (SSSR count). The first kappa shape index (κ1) is 18.8. The highest BCUT2D eigenvalue weighted by molar-refractivity contribution is 8.03. The van der Waals surface area contributed by atoms with Crippen molar-refractivity contribution in [2.45, 2.75) is 18.4 Å². The molecule has 1 aromatic carbocycles. The van der Waals surface area contributed by atoms with Crippen molar-refractivity contribution in [1.29, 1.82) is 0 Å². The molecule has 0 saturated carbocycles. The van der Waals surface area contributed by atoms with Gasteiger partial charge in [-0.15, -0.1) is 11.8 Å². The van der Waals surface area contributed by atoms with Crippen LogP contribution >= 0.6 is 11.8 Å². The number of benzene rings is 1. The molecule has 27 heavy (non-hydrogen) atoms. The summed E-state index contributed by atoms with van der Waals surface area (Å²) in [5, 5.41) is 20.0. The third-order valence-electron chi connectivity index (χ3n) is 4.21. The van der Waals surface area contributed by atoms with Crippen LogP contribution in [0.1, 0.15) is 17.3 Å². The summed E-state index contributed by atoms with van der Waals surface area (Å²) in [5.41, 5.74) is 0.210. The molecule has 2 aliphatic heterocycles. The number of hydrogen-bond donors (Lipinski definition) is 2. The van der Waals surface area contributed by atoms with Crippen LogP contribution in [0, 0.1) is 5.92 Å². The van der Waals surface area contributed by atoms with Crippen LogP contribution in [0.15, 0.2) is 42.0 Å². The number of esters is 2. The van der Waals surface area contributed by atoms with Gasteiger partial charge in [0.25, 0.3) is 0 Å². The average molecular weight is 391 g/mol. The molecule has 0 spiro atoms. The Bertz CT molecular complexity index is 850. The zero-order valence-corrected chi connectivity index (χ0v) is 15.1. The molecular weight excluding hydrogens is 374 g/mol. The van der Waals surface area contributed by atoms with Gasteiger partial charge in [-0.25, -0.2) is 9.59 Å². The monoisotopic (exact) mass is 391 g/mol. The summed E-state index contributed by atoms with van der Waals surface area (Å²) >= 11 is 1.28. The quantitative estimate of drug-likeness (QED) is 0.326. The first-order chi connectivity index (χ1) is 12.8. The number of nitrogens with zero attached hydrogens (tertiary/aromatic N) is 1. The van der Waals surface area contributed by atoms with Crippen molar-refractivity contribution in [1.82, 2.24) is 4.90 Å². The summed E-state index contributed by atoms with van der Waals surface area (Å²) in [6.45, 7) is 5.10. The summed E-state index contributed by atoms with van der Waals surface area (Å²) < 4.78 is 10.3. The smallest absolute Gasteiger partial charge is 0.355 e. The lowest BCUT2D eigenvalue weighted by molar-refractivity contribution is -0.158. The largest absolute Gasteiger partial charge is 0.504 e. The maximum absolute atomic E-state index is 12.5. The van der Waals surface area contributed by atoms with Crippen molar-refractivity contribution >= 4 is 29.6 Å². The Morgan fingerprint density at radius 3 is 2.74 bits per heavy atom. The molecule has 2 N–H and O–H groups in total. The molecule has 2 heterocycles. The van der Waals surface area contributed by atoms with Crippen molar-refractivity contribution in [3.63, 3.8) is 0 Å². The van der Waals surface area contributed by atoms with Crippen molar-refractivity contribution in [2.24, 2.45) is 5.92 Å². The van der Waals surface area contributed by atoms with E-state index < -0.39 is 29.7 Å². The number of rotatable bonds is 6. The molecule has 0 aliphatic carbocycles. The molecule has 0 radical (unpaired) electrons. The Kier molecular flexibility index (Phi) is 5.13. The van der Waals surface area contributed by atoms with E-state index in [4.69, 9.17) is 9.47 Å². The molecule has 2 aliphatic rings. The number of β-lactam (4-membered cyclic amide) rings is 1. The Labute approximate surface area is 159 Å². The molecule has 0 bridgehead atoms. The fourth-order valence-corrected chi connectivity index (χ4v) is 4.15. The van der Waals surface area contributed by atoms with E-state index in [-0.39, 0.29) is 34.9 Å². The van der Waals surface area contributed by atoms with E-state index in [1.165, 1.54) is 34.9 Å². The fourth-order valence-electron chi connectivity index (χ4n) is 2.83. The van der Waals surface area contributed by atoms with Gasteiger partial charge in [0.15, 0.2) is 11.5 Å². The minimum atomic E-state index is -0.744. The first-order valence-electron chi connectivity index (χ1n) is 8.04. The second kappa shape index (κ2) is 7.36. The van der Waals surface area contributed by atoms with E-state index in [0.29, 0.717) is 0 Å². The van der Waals surface area contributed by atoms with Crippen LogP contribution in [0.2, 0.25) is 0 Å². The first-order valence-corrected chi connectivity index (χ1v) is 8.99. The molecule has 1 saturated heterocycles. The van der Waals surface area contributed by atoms with E-state index in [1.54, 1.807) is 12.3 Å². The lowest BCUT2D eigenvalue weighted by Gasteiger charge is -2.44. The summed E-state index contributed by atoms with van der Waals surface area (Å²) in [7, 11) is 0. The van der Waals surface area contributed by atoms with Gasteiger partial charge in [0.1, 0.15) is 29.7 Å². The van der Waals surface area contributed by atoms with Crippen molar-refractivity contribution < 1.29 is 34.1 Å². The number of amides is 1. The van der Waals surface area contributed by atoms with E-state index >= 15 is 0 Å². The number of fused-ring (bicyclic) bond motifs is 1. The van der Waals surface area contributed by atoms with Gasteiger partial charge in [-0.05, 0) is 25.1 Å². The number of ether oxygens (including phenoxy) is 2. The fraction of sp³-hybridized carbons (Fsp3) is 0.278. The predicted octanol–water partition coefficient (Wildman–Crippen LogP) is 1.74. The minimum absolute atomic E-state index is 0.0461. The highest BCUT2D eigenvalue weighted by atomic mass is 32.2. The van der Waals surface area contributed by atoms with Gasteiger partial charge in [-0.3, -0.25) is 9.69 Å². The summed E-state index contributed by atoms with van der Waals surface area (Å²) in [6, 6.07) is 3.56. The SMILES string of the molecule is C=CCOC(=O)C1=CS[C@H]2[C@@H]([C@@H](C)OC(=O)c3ccc(O)c(O)c3)C(=O)N12. The normalized spacial score (nSPS) is 21.6. The van der Waals surface area contributed by atoms with Crippen LogP contribution in [-0.2, 0) is 19.1 Å². The molecule has 1 aromatic rings. The molecule has 8 nitrogen and oxygen atoms in total. The van der Waals surface area contributed by atoms with Crippen LogP contribution in [0.3, 0.4) is 0 Å². The van der Waals surface area contributed by atoms with Crippen molar-refractivity contribution in [3.8, 4) is 11.5 Å². The van der Waals surface area contributed by atoms with Gasteiger partial charge < -0.3 is 19.7 Å². The van der Waals surface area contributed by atoms with Gasteiger partial charge in [0, 0.05) is 5.41 Å². The van der Waals surface area contributed by atoms with Gasteiger partial charge in [0.05, 0.1) is 5.56 Å². The molecule has 0 aromatic heterocycles. The number of phenolic OH excluding ortho intramolecular Hbond substituents is 2. The molecule has 3 atom stereocenters. The van der Waals surface area contributed by atoms with E-state index in [2.05, 4.69) is 6.58 Å². The zero-order chi connectivity index (χ0) is 19.7.